The van der Waals surface area contributed by atoms with E-state index in [0.29, 0.717) is 0 Å². The molecule has 1 aromatic heterocycles. The maximum Gasteiger partial charge on any atom is 0.229 e. The van der Waals surface area contributed by atoms with Crippen molar-refractivity contribution in [1.29, 1.82) is 0 Å². The number of thiazole rings is 1. The molecule has 0 saturated carbocycles. The van der Waals surface area contributed by atoms with Crippen LogP contribution in [0.25, 0.3) is 0 Å². The van der Waals surface area contributed by atoms with E-state index < -0.39 is 0 Å². The smallest absolute Gasteiger partial charge is 0.229 e. The molecule has 0 bridgehead atoms. The van der Waals surface area contributed by atoms with E-state index in [0.717, 1.165) is 35.8 Å². The van der Waals surface area contributed by atoms with E-state index in [9.17, 15) is 4.79 Å². The normalized spacial score (nSPS) is 20.3. The van der Waals surface area contributed by atoms with Crippen LogP contribution < -0.4 is 11.1 Å². The Bertz CT molecular complexity index is 433. The summed E-state index contributed by atoms with van der Waals surface area (Å²) in [4.78, 5) is 17.6. The van der Waals surface area contributed by atoms with E-state index >= 15 is 0 Å². The highest BCUT2D eigenvalue weighted by Gasteiger charge is 2.21. The van der Waals surface area contributed by atoms with Crippen LogP contribution in [0.3, 0.4) is 0 Å². The second kappa shape index (κ2) is 6.04. The third-order valence-electron chi connectivity index (χ3n) is 3.07. The van der Waals surface area contributed by atoms with Crippen molar-refractivity contribution in [2.45, 2.75) is 32.2 Å². The Morgan fingerprint density at radius 1 is 1.72 bits per heavy atom. The number of fused-ring (bicyclic) bond motifs is 1. The molecule has 4 nitrogen and oxygen atoms in total. The van der Waals surface area contributed by atoms with E-state index in [-0.39, 0.29) is 17.9 Å². The molecule has 2 atom stereocenters. The van der Waals surface area contributed by atoms with Crippen molar-refractivity contribution in [3.8, 4) is 0 Å². The van der Waals surface area contributed by atoms with Gasteiger partial charge in [0.05, 0.1) is 5.69 Å². The standard InChI is InChI=1S/C12H19N3OS2/c1-7(6-17-2)11(16)15-12-14-9-4-3-8(13)5-10(9)18-12/h7-8H,3-6,13H2,1-2H3,(H,14,15,16)/t7?,8-/m0/s1. The van der Waals surface area contributed by atoms with Crippen molar-refractivity contribution in [2.24, 2.45) is 11.7 Å². The van der Waals surface area contributed by atoms with E-state index in [4.69, 9.17) is 5.73 Å². The number of nitrogens with one attached hydrogen (secondary N) is 1. The van der Waals surface area contributed by atoms with Gasteiger partial charge >= 0.3 is 0 Å². The lowest BCUT2D eigenvalue weighted by molar-refractivity contribution is -0.118. The summed E-state index contributed by atoms with van der Waals surface area (Å²) in [6.07, 6.45) is 4.83. The van der Waals surface area contributed by atoms with Gasteiger partial charge in [-0.1, -0.05) is 6.92 Å². The molecular weight excluding hydrogens is 266 g/mol. The molecular formula is C12H19N3OS2. The van der Waals surface area contributed by atoms with Crippen molar-refractivity contribution in [2.75, 3.05) is 17.3 Å². The second-order valence-corrected chi connectivity index (χ2v) is 6.73. The third kappa shape index (κ3) is 3.24. The number of nitrogens with two attached hydrogens (primary N) is 1. The molecule has 1 aromatic rings. The quantitative estimate of drug-likeness (QED) is 0.886. The molecule has 3 N–H and O–H groups in total. The van der Waals surface area contributed by atoms with Crippen LogP contribution in [0.1, 0.15) is 23.9 Å². The van der Waals surface area contributed by atoms with Gasteiger partial charge in [-0.25, -0.2) is 4.98 Å². The van der Waals surface area contributed by atoms with Gasteiger partial charge in [-0.05, 0) is 25.5 Å². The highest BCUT2D eigenvalue weighted by Crippen LogP contribution is 2.29. The van der Waals surface area contributed by atoms with Crippen LogP contribution in [0.15, 0.2) is 0 Å². The lowest BCUT2D eigenvalue weighted by Crippen LogP contribution is -2.27. The van der Waals surface area contributed by atoms with Crippen LogP contribution in [-0.4, -0.2) is 28.9 Å². The van der Waals surface area contributed by atoms with E-state index in [1.165, 1.54) is 4.88 Å². The first-order chi connectivity index (χ1) is 8.60. The molecule has 1 unspecified atom stereocenters. The predicted octanol–water partition coefficient (Wildman–Crippen LogP) is 1.90. The van der Waals surface area contributed by atoms with Gasteiger partial charge in [-0.3, -0.25) is 4.79 Å². The van der Waals surface area contributed by atoms with Gasteiger partial charge in [0.15, 0.2) is 5.13 Å². The van der Waals surface area contributed by atoms with Crippen LogP contribution in [-0.2, 0) is 17.6 Å². The monoisotopic (exact) mass is 285 g/mol. The van der Waals surface area contributed by atoms with Crippen molar-refractivity contribution >= 4 is 34.1 Å². The molecule has 0 aromatic carbocycles. The highest BCUT2D eigenvalue weighted by molar-refractivity contribution is 7.98. The molecule has 0 spiro atoms. The molecule has 6 heteroatoms. The fraction of sp³-hybridized carbons (Fsp3) is 0.667. The van der Waals surface area contributed by atoms with Crippen LogP contribution >= 0.6 is 23.1 Å². The summed E-state index contributed by atoms with van der Waals surface area (Å²) in [7, 11) is 0. The van der Waals surface area contributed by atoms with E-state index in [2.05, 4.69) is 10.3 Å². The summed E-state index contributed by atoms with van der Waals surface area (Å²) in [5.41, 5.74) is 7.06. The molecule has 1 amide bonds. The zero-order valence-corrected chi connectivity index (χ0v) is 12.4. The molecule has 18 heavy (non-hydrogen) atoms. The molecule has 0 aliphatic heterocycles. The zero-order valence-electron chi connectivity index (χ0n) is 10.7. The van der Waals surface area contributed by atoms with E-state index in [1.54, 1.807) is 23.1 Å². The number of amides is 1. The minimum Gasteiger partial charge on any atom is -0.327 e. The number of hydrogen-bond acceptors (Lipinski definition) is 5. The maximum atomic E-state index is 11.9. The van der Waals surface area contributed by atoms with Crippen LogP contribution in [0.4, 0.5) is 5.13 Å². The van der Waals surface area contributed by atoms with Crippen molar-refractivity contribution in [3.05, 3.63) is 10.6 Å². The van der Waals surface area contributed by atoms with Crippen LogP contribution in [0.5, 0.6) is 0 Å². The number of aryl methyl sites for hydroxylation is 1. The number of carbonyl (C=O) groups is 1. The first-order valence-electron chi connectivity index (χ1n) is 6.14. The number of rotatable bonds is 4. The topological polar surface area (TPSA) is 68.0 Å². The van der Waals surface area contributed by atoms with Gasteiger partial charge in [0.2, 0.25) is 5.91 Å². The number of carbonyl (C=O) groups excluding carboxylic acids is 1. The average Bonchev–Trinajstić information content (AvgIpc) is 2.70. The summed E-state index contributed by atoms with van der Waals surface area (Å²) in [5, 5.41) is 3.64. The SMILES string of the molecule is CSCC(C)C(=O)Nc1nc2c(s1)C[C@@H](N)CC2. The van der Waals surface area contributed by atoms with Gasteiger partial charge in [0.1, 0.15) is 0 Å². The number of aromatic nitrogens is 1. The van der Waals surface area contributed by atoms with Gasteiger partial charge < -0.3 is 11.1 Å². The Kier molecular flexibility index (Phi) is 4.64. The summed E-state index contributed by atoms with van der Waals surface area (Å²) >= 11 is 3.25. The van der Waals surface area contributed by atoms with Crippen LogP contribution in [0, 0.1) is 5.92 Å². The van der Waals surface area contributed by atoms with E-state index in [1.807, 2.05) is 13.2 Å². The Hall–Kier alpha value is -0.590. The summed E-state index contributed by atoms with van der Waals surface area (Å²) in [5.74, 6) is 0.907. The molecule has 1 aliphatic carbocycles. The summed E-state index contributed by atoms with van der Waals surface area (Å²) < 4.78 is 0. The van der Waals surface area contributed by atoms with Crippen molar-refractivity contribution < 1.29 is 4.79 Å². The predicted molar refractivity (Wildman–Crippen MR) is 78.3 cm³/mol. The third-order valence-corrected chi connectivity index (χ3v) is 4.94. The highest BCUT2D eigenvalue weighted by atomic mass is 32.2. The maximum absolute atomic E-state index is 11.9. The van der Waals surface area contributed by atoms with Gasteiger partial charge in [-0.15, -0.1) is 11.3 Å². The van der Waals surface area contributed by atoms with Crippen LogP contribution in [0.2, 0.25) is 0 Å². The second-order valence-electron chi connectivity index (χ2n) is 4.74. The molecule has 0 fully saturated rings. The number of hydrogen-bond donors (Lipinski definition) is 2. The van der Waals surface area contributed by atoms with Gasteiger partial charge in [-0.2, -0.15) is 11.8 Å². The van der Waals surface area contributed by atoms with Crippen molar-refractivity contribution in [3.63, 3.8) is 0 Å². The zero-order chi connectivity index (χ0) is 13.1. The Morgan fingerprint density at radius 2 is 2.50 bits per heavy atom. The minimum absolute atomic E-state index is 0.0168. The Balaban J connectivity index is 2.00. The Labute approximate surface area is 116 Å². The molecule has 0 radical (unpaired) electrons. The fourth-order valence-corrected chi connectivity index (χ4v) is 3.76. The number of anilines is 1. The summed E-state index contributed by atoms with van der Waals surface area (Å²) in [6.45, 7) is 1.94. The molecule has 1 aliphatic rings. The fourth-order valence-electron chi connectivity index (χ4n) is 2.01. The first kappa shape index (κ1) is 13.8. The molecule has 100 valence electrons. The summed E-state index contributed by atoms with van der Waals surface area (Å²) in [6, 6.07) is 0.247. The minimum atomic E-state index is 0.0168. The molecule has 1 heterocycles. The largest absolute Gasteiger partial charge is 0.327 e. The van der Waals surface area contributed by atoms with Crippen molar-refractivity contribution in [1.82, 2.24) is 4.98 Å². The average molecular weight is 285 g/mol. The molecule has 2 rings (SSSR count). The van der Waals surface area contributed by atoms with Gasteiger partial charge in [0, 0.05) is 22.6 Å². The number of thioether (sulfide) groups is 1. The first-order valence-corrected chi connectivity index (χ1v) is 8.35. The Morgan fingerprint density at radius 3 is 3.22 bits per heavy atom. The lowest BCUT2D eigenvalue weighted by Gasteiger charge is -2.15. The number of nitrogens with zero attached hydrogens (tertiary/aromatic N) is 1. The van der Waals surface area contributed by atoms with Gasteiger partial charge in [0.25, 0.3) is 0 Å². The molecule has 0 saturated heterocycles. The lowest BCUT2D eigenvalue weighted by atomic mass is 9.99.